The van der Waals surface area contributed by atoms with Gasteiger partial charge in [0, 0.05) is 25.1 Å². The predicted molar refractivity (Wildman–Crippen MR) is 79.4 cm³/mol. The van der Waals surface area contributed by atoms with Crippen LogP contribution in [-0.4, -0.2) is 52.3 Å². The van der Waals surface area contributed by atoms with Crippen molar-refractivity contribution >= 4 is 12.0 Å². The molecule has 2 amide bonds. The van der Waals surface area contributed by atoms with Gasteiger partial charge in [0.05, 0.1) is 18.8 Å². The van der Waals surface area contributed by atoms with Crippen molar-refractivity contribution in [1.82, 2.24) is 20.4 Å². The number of nitrogens with zero attached hydrogens (tertiary/aromatic N) is 2. The van der Waals surface area contributed by atoms with E-state index in [9.17, 15) is 9.59 Å². The van der Waals surface area contributed by atoms with Crippen LogP contribution in [0.1, 0.15) is 36.2 Å². The number of nitrogens with one attached hydrogen (secondary N) is 2. The molecule has 1 aromatic rings. The molecule has 22 heavy (non-hydrogen) atoms. The Morgan fingerprint density at radius 3 is 2.91 bits per heavy atom. The Bertz CT molecular complexity index is 598. The molecule has 2 N–H and O–H groups in total. The number of piperidine rings is 1. The van der Waals surface area contributed by atoms with Gasteiger partial charge in [-0.05, 0) is 32.3 Å². The summed E-state index contributed by atoms with van der Waals surface area (Å²) >= 11 is 0. The number of likely N-dealkylation sites (tertiary alicyclic amines) is 1. The molecule has 0 saturated carbocycles. The van der Waals surface area contributed by atoms with Crippen molar-refractivity contribution in [3.8, 4) is 0 Å². The van der Waals surface area contributed by atoms with E-state index in [4.69, 9.17) is 4.74 Å². The first kappa shape index (κ1) is 14.9. The number of aromatic nitrogens is 2. The Balaban J connectivity index is 1.58. The molecule has 7 nitrogen and oxygen atoms in total. The van der Waals surface area contributed by atoms with Crippen LogP contribution in [0.15, 0.2) is 0 Å². The predicted octanol–water partition coefficient (Wildman–Crippen LogP) is 1.06. The SMILES string of the molecule is Cc1[nH]nc(CCC(=O)N2CCC[C@@]3(CNC(=O)O3)C2)c1C. The van der Waals surface area contributed by atoms with Crippen molar-refractivity contribution in [2.75, 3.05) is 19.6 Å². The first-order chi connectivity index (χ1) is 10.5. The molecular formula is C15H22N4O3. The van der Waals surface area contributed by atoms with Crippen molar-refractivity contribution < 1.29 is 14.3 Å². The lowest BCUT2D eigenvalue weighted by atomic mass is 9.92. The van der Waals surface area contributed by atoms with Crippen molar-refractivity contribution in [1.29, 1.82) is 0 Å². The Kier molecular flexibility index (Phi) is 3.80. The van der Waals surface area contributed by atoms with Gasteiger partial charge in [0.25, 0.3) is 0 Å². The highest BCUT2D eigenvalue weighted by Gasteiger charge is 2.44. The van der Waals surface area contributed by atoms with Crippen LogP contribution < -0.4 is 5.32 Å². The summed E-state index contributed by atoms with van der Waals surface area (Å²) in [5.74, 6) is 0.0991. The fourth-order valence-electron chi connectivity index (χ4n) is 3.20. The topological polar surface area (TPSA) is 87.3 Å². The normalized spacial score (nSPS) is 24.5. The van der Waals surface area contributed by atoms with Crippen LogP contribution >= 0.6 is 0 Å². The summed E-state index contributed by atoms with van der Waals surface area (Å²) in [6, 6.07) is 0. The zero-order valence-electron chi connectivity index (χ0n) is 13.1. The standard InChI is InChI=1S/C15H22N4O3/c1-10-11(2)17-18-12(10)4-5-13(20)19-7-3-6-15(9-19)8-16-14(21)22-15/h3-9H2,1-2H3,(H,16,21)(H,17,18)/t15-/m1/s1. The maximum atomic E-state index is 12.4. The number of H-pyrrole nitrogens is 1. The number of aryl methyl sites for hydroxylation is 2. The average molecular weight is 306 g/mol. The van der Waals surface area contributed by atoms with Gasteiger partial charge in [-0.25, -0.2) is 4.79 Å². The third-order valence-electron chi connectivity index (χ3n) is 4.69. The smallest absolute Gasteiger partial charge is 0.407 e. The molecule has 3 rings (SSSR count). The molecule has 1 atom stereocenters. The molecule has 120 valence electrons. The third-order valence-corrected chi connectivity index (χ3v) is 4.69. The first-order valence-electron chi connectivity index (χ1n) is 7.74. The minimum absolute atomic E-state index is 0.0991. The monoisotopic (exact) mass is 306 g/mol. The Morgan fingerprint density at radius 1 is 1.45 bits per heavy atom. The number of amides is 2. The van der Waals surface area contributed by atoms with Crippen molar-refractivity contribution in [3.63, 3.8) is 0 Å². The molecule has 0 aliphatic carbocycles. The van der Waals surface area contributed by atoms with E-state index in [1.54, 1.807) is 0 Å². The van der Waals surface area contributed by atoms with E-state index >= 15 is 0 Å². The van der Waals surface area contributed by atoms with Crippen LogP contribution in [0.25, 0.3) is 0 Å². The molecule has 2 fully saturated rings. The zero-order chi connectivity index (χ0) is 15.7. The molecule has 2 aliphatic heterocycles. The second kappa shape index (κ2) is 5.62. The molecule has 3 heterocycles. The summed E-state index contributed by atoms with van der Waals surface area (Å²) in [7, 11) is 0. The van der Waals surface area contributed by atoms with Gasteiger partial charge in [-0.3, -0.25) is 9.89 Å². The summed E-state index contributed by atoms with van der Waals surface area (Å²) in [4.78, 5) is 25.6. The van der Waals surface area contributed by atoms with E-state index in [1.807, 2.05) is 18.7 Å². The molecule has 0 aromatic carbocycles. The molecule has 0 bridgehead atoms. The lowest BCUT2D eigenvalue weighted by molar-refractivity contribution is -0.136. The molecule has 0 radical (unpaired) electrons. The van der Waals surface area contributed by atoms with Crippen LogP contribution in [0, 0.1) is 13.8 Å². The van der Waals surface area contributed by atoms with E-state index in [1.165, 1.54) is 0 Å². The molecule has 0 unspecified atom stereocenters. The van der Waals surface area contributed by atoms with E-state index in [-0.39, 0.29) is 12.0 Å². The minimum Gasteiger partial charge on any atom is -0.439 e. The van der Waals surface area contributed by atoms with Crippen LogP contribution in [0.3, 0.4) is 0 Å². The van der Waals surface area contributed by atoms with E-state index in [2.05, 4.69) is 15.5 Å². The zero-order valence-corrected chi connectivity index (χ0v) is 13.1. The summed E-state index contributed by atoms with van der Waals surface area (Å²) in [6.45, 7) is 5.70. The van der Waals surface area contributed by atoms with Crippen LogP contribution in [0.4, 0.5) is 4.79 Å². The number of hydrogen-bond donors (Lipinski definition) is 2. The molecule has 2 saturated heterocycles. The summed E-state index contributed by atoms with van der Waals surface area (Å²) < 4.78 is 5.39. The number of alkyl carbamates (subject to hydrolysis) is 1. The second-order valence-corrected chi connectivity index (χ2v) is 6.27. The number of carbonyl (C=O) groups excluding carboxylic acids is 2. The fraction of sp³-hybridized carbons (Fsp3) is 0.667. The second-order valence-electron chi connectivity index (χ2n) is 6.27. The van der Waals surface area contributed by atoms with E-state index in [0.29, 0.717) is 25.9 Å². The Labute approximate surface area is 129 Å². The maximum Gasteiger partial charge on any atom is 0.407 e. The number of rotatable bonds is 3. The highest BCUT2D eigenvalue weighted by molar-refractivity contribution is 5.77. The quantitative estimate of drug-likeness (QED) is 0.874. The molecule has 2 aliphatic rings. The van der Waals surface area contributed by atoms with Crippen molar-refractivity contribution in [2.45, 2.75) is 45.1 Å². The lowest BCUT2D eigenvalue weighted by Crippen LogP contribution is -2.52. The highest BCUT2D eigenvalue weighted by Crippen LogP contribution is 2.28. The van der Waals surface area contributed by atoms with Gasteiger partial charge >= 0.3 is 6.09 Å². The minimum atomic E-state index is -0.524. The van der Waals surface area contributed by atoms with Gasteiger partial charge < -0.3 is 15.0 Å². The van der Waals surface area contributed by atoms with Gasteiger partial charge in [0.15, 0.2) is 0 Å². The number of ether oxygens (including phenoxy) is 1. The molecular weight excluding hydrogens is 284 g/mol. The van der Waals surface area contributed by atoms with Crippen LogP contribution in [-0.2, 0) is 16.0 Å². The highest BCUT2D eigenvalue weighted by atomic mass is 16.6. The van der Waals surface area contributed by atoms with Crippen LogP contribution in [0.5, 0.6) is 0 Å². The van der Waals surface area contributed by atoms with Crippen molar-refractivity contribution in [3.05, 3.63) is 17.0 Å². The van der Waals surface area contributed by atoms with Gasteiger partial charge in [-0.15, -0.1) is 0 Å². The lowest BCUT2D eigenvalue weighted by Gasteiger charge is -2.38. The van der Waals surface area contributed by atoms with Gasteiger partial charge in [-0.2, -0.15) is 5.10 Å². The van der Waals surface area contributed by atoms with Crippen molar-refractivity contribution in [2.24, 2.45) is 0 Å². The molecule has 1 spiro atoms. The number of hydrogen-bond acceptors (Lipinski definition) is 4. The third kappa shape index (κ3) is 2.80. The van der Waals surface area contributed by atoms with Gasteiger partial charge in [-0.1, -0.05) is 0 Å². The average Bonchev–Trinajstić information content (AvgIpc) is 3.01. The number of carbonyl (C=O) groups is 2. The van der Waals surface area contributed by atoms with Gasteiger partial charge in [0.1, 0.15) is 5.60 Å². The Hall–Kier alpha value is -2.05. The largest absolute Gasteiger partial charge is 0.439 e. The maximum absolute atomic E-state index is 12.4. The van der Waals surface area contributed by atoms with Gasteiger partial charge in [0.2, 0.25) is 5.91 Å². The van der Waals surface area contributed by atoms with E-state index in [0.717, 1.165) is 36.3 Å². The molecule has 1 aromatic heterocycles. The fourth-order valence-corrected chi connectivity index (χ4v) is 3.20. The summed E-state index contributed by atoms with van der Waals surface area (Å²) in [6.07, 6.45) is 2.37. The molecule has 7 heteroatoms. The Morgan fingerprint density at radius 2 is 2.27 bits per heavy atom. The summed E-state index contributed by atoms with van der Waals surface area (Å²) in [5, 5.41) is 9.88. The summed E-state index contributed by atoms with van der Waals surface area (Å²) in [5.41, 5.74) is 2.59. The van der Waals surface area contributed by atoms with Crippen LogP contribution in [0.2, 0.25) is 0 Å². The van der Waals surface area contributed by atoms with E-state index < -0.39 is 5.60 Å². The first-order valence-corrected chi connectivity index (χ1v) is 7.74. The number of aromatic amines is 1.